The lowest BCUT2D eigenvalue weighted by molar-refractivity contribution is -0.117. The van der Waals surface area contributed by atoms with Gasteiger partial charge in [-0.15, -0.1) is 12.4 Å². The molecule has 1 amide bonds. The Morgan fingerprint density at radius 2 is 1.61 bits per heavy atom. The van der Waals surface area contributed by atoms with Crippen LogP contribution in [0.4, 0.5) is 11.4 Å². The van der Waals surface area contributed by atoms with Crippen molar-refractivity contribution in [2.75, 3.05) is 42.9 Å². The molecule has 3 aromatic rings. The third-order valence-corrected chi connectivity index (χ3v) is 5.77. The summed E-state index contributed by atoms with van der Waals surface area (Å²) in [5, 5.41) is 3.86. The Labute approximate surface area is 195 Å². The number of nitrogens with zero attached hydrogens (tertiary/aromatic N) is 2. The predicted molar refractivity (Wildman–Crippen MR) is 133 cm³/mol. The van der Waals surface area contributed by atoms with Crippen molar-refractivity contribution in [2.45, 2.75) is 6.92 Å². The van der Waals surface area contributed by atoms with E-state index in [9.17, 15) is 4.79 Å². The predicted octanol–water partition coefficient (Wildman–Crippen LogP) is 5.50. The molecule has 0 aromatic heterocycles. The van der Waals surface area contributed by atoms with E-state index in [1.807, 2.05) is 54.6 Å². The van der Waals surface area contributed by atoms with E-state index in [-0.39, 0.29) is 18.3 Å². The van der Waals surface area contributed by atoms with Gasteiger partial charge in [0.1, 0.15) is 0 Å². The highest BCUT2D eigenvalue weighted by Crippen LogP contribution is 2.28. The second-order valence-corrected chi connectivity index (χ2v) is 8.09. The Hall–Kier alpha value is -2.53. The molecular formula is C25H27Cl2N3O. The molecule has 0 spiro atoms. The van der Waals surface area contributed by atoms with Crippen LogP contribution in [0, 0.1) is 6.92 Å². The normalized spacial score (nSPS) is 14.1. The number of rotatable bonds is 5. The molecule has 1 aliphatic rings. The molecule has 0 unspecified atom stereocenters. The first kappa shape index (κ1) is 23.1. The number of piperazine rings is 1. The van der Waals surface area contributed by atoms with Gasteiger partial charge in [0.05, 0.1) is 6.54 Å². The Bertz CT molecular complexity index is 1020. The smallest absolute Gasteiger partial charge is 0.238 e. The van der Waals surface area contributed by atoms with Crippen molar-refractivity contribution >= 4 is 41.3 Å². The highest BCUT2D eigenvalue weighted by atomic mass is 35.5. The van der Waals surface area contributed by atoms with Gasteiger partial charge in [-0.3, -0.25) is 9.69 Å². The van der Waals surface area contributed by atoms with Gasteiger partial charge in [0.25, 0.3) is 0 Å². The number of nitrogens with one attached hydrogen (secondary N) is 1. The summed E-state index contributed by atoms with van der Waals surface area (Å²) >= 11 is 6.18. The van der Waals surface area contributed by atoms with Gasteiger partial charge in [0, 0.05) is 48.1 Å². The van der Waals surface area contributed by atoms with Crippen LogP contribution in [0.5, 0.6) is 0 Å². The van der Waals surface area contributed by atoms with E-state index in [4.69, 9.17) is 11.6 Å². The zero-order valence-electron chi connectivity index (χ0n) is 17.6. The van der Waals surface area contributed by atoms with E-state index in [1.165, 1.54) is 11.3 Å². The SMILES string of the molecule is Cc1ccc(Cl)cc1N1CCN(CC(=O)Nc2ccccc2-c2ccccc2)CC1.Cl. The second-order valence-electron chi connectivity index (χ2n) is 7.65. The molecule has 4 rings (SSSR count). The number of carbonyl (C=O) groups is 1. The molecule has 1 saturated heterocycles. The summed E-state index contributed by atoms with van der Waals surface area (Å²) < 4.78 is 0. The topological polar surface area (TPSA) is 35.6 Å². The molecule has 31 heavy (non-hydrogen) atoms. The maximum absolute atomic E-state index is 12.7. The molecule has 0 aliphatic carbocycles. The van der Waals surface area contributed by atoms with Crippen molar-refractivity contribution < 1.29 is 4.79 Å². The van der Waals surface area contributed by atoms with Crippen molar-refractivity contribution in [3.05, 3.63) is 83.4 Å². The summed E-state index contributed by atoms with van der Waals surface area (Å²) in [6.45, 7) is 5.96. The van der Waals surface area contributed by atoms with Crippen LogP contribution in [0.1, 0.15) is 5.56 Å². The first-order valence-corrected chi connectivity index (χ1v) is 10.7. The number of amides is 1. The van der Waals surface area contributed by atoms with Crippen LogP contribution in [-0.4, -0.2) is 43.5 Å². The number of benzene rings is 3. The molecule has 0 saturated carbocycles. The second kappa shape index (κ2) is 10.7. The van der Waals surface area contributed by atoms with Crippen molar-refractivity contribution in [3.63, 3.8) is 0 Å². The van der Waals surface area contributed by atoms with Gasteiger partial charge in [-0.25, -0.2) is 0 Å². The van der Waals surface area contributed by atoms with Gasteiger partial charge in [-0.1, -0.05) is 66.2 Å². The average Bonchev–Trinajstić information content (AvgIpc) is 2.77. The number of carbonyl (C=O) groups excluding carboxylic acids is 1. The van der Waals surface area contributed by atoms with Crippen molar-refractivity contribution in [1.82, 2.24) is 4.90 Å². The molecule has 0 radical (unpaired) electrons. The number of halogens is 2. The van der Waals surface area contributed by atoms with Gasteiger partial charge >= 0.3 is 0 Å². The molecular weight excluding hydrogens is 429 g/mol. The highest BCUT2D eigenvalue weighted by molar-refractivity contribution is 6.30. The molecule has 1 N–H and O–H groups in total. The lowest BCUT2D eigenvalue weighted by Crippen LogP contribution is -2.48. The maximum atomic E-state index is 12.7. The van der Waals surface area contributed by atoms with Crippen molar-refractivity contribution in [2.24, 2.45) is 0 Å². The quantitative estimate of drug-likeness (QED) is 0.551. The fraction of sp³-hybridized carbons (Fsp3) is 0.240. The van der Waals surface area contributed by atoms with E-state index in [1.54, 1.807) is 0 Å². The number of anilines is 2. The van der Waals surface area contributed by atoms with E-state index < -0.39 is 0 Å². The maximum Gasteiger partial charge on any atom is 0.238 e. The largest absolute Gasteiger partial charge is 0.369 e. The van der Waals surface area contributed by atoms with Crippen LogP contribution in [0.2, 0.25) is 5.02 Å². The minimum atomic E-state index is 0. The minimum Gasteiger partial charge on any atom is -0.369 e. The Balaban J connectivity index is 0.00000272. The van der Waals surface area contributed by atoms with Gasteiger partial charge in [0.15, 0.2) is 0 Å². The van der Waals surface area contributed by atoms with Gasteiger partial charge in [-0.2, -0.15) is 0 Å². The molecule has 6 heteroatoms. The summed E-state index contributed by atoms with van der Waals surface area (Å²) in [6, 6.07) is 24.1. The fourth-order valence-electron chi connectivity index (χ4n) is 3.92. The Morgan fingerprint density at radius 1 is 0.935 bits per heavy atom. The van der Waals surface area contributed by atoms with E-state index in [2.05, 4.69) is 40.2 Å². The molecule has 1 aliphatic heterocycles. The van der Waals surface area contributed by atoms with E-state index in [0.29, 0.717) is 6.54 Å². The summed E-state index contributed by atoms with van der Waals surface area (Å²) in [7, 11) is 0. The molecule has 0 bridgehead atoms. The molecule has 162 valence electrons. The van der Waals surface area contributed by atoms with E-state index in [0.717, 1.165) is 48.0 Å². The first-order chi connectivity index (χ1) is 14.6. The zero-order valence-corrected chi connectivity index (χ0v) is 19.1. The molecule has 0 atom stereocenters. The lowest BCUT2D eigenvalue weighted by atomic mass is 10.0. The summed E-state index contributed by atoms with van der Waals surface area (Å²) in [6.07, 6.45) is 0. The fourth-order valence-corrected chi connectivity index (χ4v) is 4.09. The number of hydrogen-bond acceptors (Lipinski definition) is 3. The number of aryl methyl sites for hydroxylation is 1. The summed E-state index contributed by atoms with van der Waals surface area (Å²) in [4.78, 5) is 17.3. The van der Waals surface area contributed by atoms with Crippen LogP contribution in [0.25, 0.3) is 11.1 Å². The Kier molecular flexibility index (Phi) is 7.97. The summed E-state index contributed by atoms with van der Waals surface area (Å²) in [5.41, 5.74) is 5.39. The monoisotopic (exact) mass is 455 g/mol. The lowest BCUT2D eigenvalue weighted by Gasteiger charge is -2.36. The standard InChI is InChI=1S/C25H26ClN3O.ClH/c1-19-11-12-21(26)17-24(19)29-15-13-28(14-16-29)18-25(30)27-23-10-6-5-9-22(23)20-7-3-2-4-8-20;/h2-12,17H,13-16,18H2,1H3,(H,27,30);1H. The highest BCUT2D eigenvalue weighted by Gasteiger charge is 2.21. The van der Waals surface area contributed by atoms with Crippen molar-refractivity contribution in [3.8, 4) is 11.1 Å². The van der Waals surface area contributed by atoms with Crippen LogP contribution in [0.3, 0.4) is 0 Å². The van der Waals surface area contributed by atoms with Gasteiger partial charge < -0.3 is 10.2 Å². The van der Waals surface area contributed by atoms with Crippen molar-refractivity contribution in [1.29, 1.82) is 0 Å². The number of para-hydroxylation sites is 1. The molecule has 4 nitrogen and oxygen atoms in total. The zero-order chi connectivity index (χ0) is 20.9. The molecule has 1 heterocycles. The average molecular weight is 456 g/mol. The molecule has 1 fully saturated rings. The third kappa shape index (κ3) is 5.79. The number of hydrogen-bond donors (Lipinski definition) is 1. The van der Waals surface area contributed by atoms with Gasteiger partial charge in [-0.05, 0) is 36.2 Å². The van der Waals surface area contributed by atoms with Crippen LogP contribution in [0.15, 0.2) is 72.8 Å². The van der Waals surface area contributed by atoms with E-state index >= 15 is 0 Å². The van der Waals surface area contributed by atoms with Gasteiger partial charge in [0.2, 0.25) is 5.91 Å². The molecule has 3 aromatic carbocycles. The Morgan fingerprint density at radius 3 is 2.35 bits per heavy atom. The van der Waals surface area contributed by atoms with Crippen LogP contribution in [-0.2, 0) is 4.79 Å². The summed E-state index contributed by atoms with van der Waals surface area (Å²) in [5.74, 6) is 0.0192. The minimum absolute atomic E-state index is 0. The third-order valence-electron chi connectivity index (χ3n) is 5.54. The van der Waals surface area contributed by atoms with Crippen LogP contribution < -0.4 is 10.2 Å². The van der Waals surface area contributed by atoms with Crippen LogP contribution >= 0.6 is 24.0 Å². The first-order valence-electron chi connectivity index (χ1n) is 10.3.